The van der Waals surface area contributed by atoms with Crippen molar-refractivity contribution >= 4 is 8.56 Å². The van der Waals surface area contributed by atoms with Gasteiger partial charge in [0.1, 0.15) is 0 Å². The fourth-order valence-corrected chi connectivity index (χ4v) is 11.4. The Kier molecular flexibility index (Phi) is 5.95. The maximum atomic E-state index is 6.34. The van der Waals surface area contributed by atoms with Crippen molar-refractivity contribution in [2.24, 2.45) is 23.7 Å². The Labute approximate surface area is 133 Å². The molecule has 0 aromatic heterocycles. The molecule has 2 fully saturated rings. The van der Waals surface area contributed by atoms with E-state index < -0.39 is 8.56 Å². The standard InChI is InChI=1S/C18H36O2Si/c1-7-13-11-14(8-2)17(13)21(19-5,20-6)18-15(9-3)12-16(18)10-4/h13-18H,7-12H2,1-6H3. The van der Waals surface area contributed by atoms with E-state index in [-0.39, 0.29) is 0 Å². The SMILES string of the molecule is CCC1CC(CC)C1[Si](OC)(OC)C1C(CC)CC1CC. The van der Waals surface area contributed by atoms with Gasteiger partial charge in [-0.2, -0.15) is 0 Å². The second-order valence-corrected chi connectivity index (χ2v) is 10.9. The van der Waals surface area contributed by atoms with Crippen LogP contribution in [0.3, 0.4) is 0 Å². The summed E-state index contributed by atoms with van der Waals surface area (Å²) in [6.07, 6.45) is 7.98. The van der Waals surface area contributed by atoms with Gasteiger partial charge in [-0.25, -0.2) is 0 Å². The third kappa shape index (κ3) is 2.64. The molecule has 0 bridgehead atoms. The smallest absolute Gasteiger partial charge is 0.345 e. The molecule has 124 valence electrons. The summed E-state index contributed by atoms with van der Waals surface area (Å²) in [6, 6.07) is 0. The third-order valence-electron chi connectivity index (χ3n) is 6.91. The lowest BCUT2D eigenvalue weighted by atomic mass is 9.70. The predicted octanol–water partition coefficient (Wildman–Crippen LogP) is 5.37. The Morgan fingerprint density at radius 3 is 1.14 bits per heavy atom. The summed E-state index contributed by atoms with van der Waals surface area (Å²) in [6.45, 7) is 9.40. The summed E-state index contributed by atoms with van der Waals surface area (Å²) >= 11 is 0. The van der Waals surface area contributed by atoms with Gasteiger partial charge < -0.3 is 8.85 Å². The first-order valence-corrected chi connectivity index (χ1v) is 11.2. The highest BCUT2D eigenvalue weighted by atomic mass is 28.4. The van der Waals surface area contributed by atoms with Crippen LogP contribution in [0.4, 0.5) is 0 Å². The molecule has 3 heteroatoms. The normalized spacial score (nSPS) is 39.7. The molecule has 2 aliphatic rings. The molecule has 4 unspecified atom stereocenters. The molecular weight excluding hydrogens is 276 g/mol. The van der Waals surface area contributed by atoms with Gasteiger partial charge in [-0.3, -0.25) is 0 Å². The van der Waals surface area contributed by atoms with Gasteiger partial charge >= 0.3 is 8.56 Å². The van der Waals surface area contributed by atoms with Crippen LogP contribution in [0.25, 0.3) is 0 Å². The van der Waals surface area contributed by atoms with Crippen molar-refractivity contribution in [1.82, 2.24) is 0 Å². The molecule has 0 saturated heterocycles. The Bertz CT molecular complexity index is 281. The quantitative estimate of drug-likeness (QED) is 0.561. The highest BCUT2D eigenvalue weighted by Gasteiger charge is 2.65. The van der Waals surface area contributed by atoms with Crippen LogP contribution in [0.1, 0.15) is 66.2 Å². The molecule has 0 aromatic rings. The minimum Gasteiger partial charge on any atom is -0.397 e. The van der Waals surface area contributed by atoms with Crippen molar-refractivity contribution < 1.29 is 8.85 Å². The van der Waals surface area contributed by atoms with Gasteiger partial charge in [-0.05, 0) is 36.5 Å². The van der Waals surface area contributed by atoms with E-state index in [9.17, 15) is 0 Å². The van der Waals surface area contributed by atoms with Gasteiger partial charge in [0, 0.05) is 25.3 Å². The van der Waals surface area contributed by atoms with Gasteiger partial charge in [0.05, 0.1) is 0 Å². The van der Waals surface area contributed by atoms with Gasteiger partial charge in [0.25, 0.3) is 0 Å². The van der Waals surface area contributed by atoms with Crippen molar-refractivity contribution in [3.8, 4) is 0 Å². The highest BCUT2D eigenvalue weighted by molar-refractivity contribution is 6.71. The zero-order chi connectivity index (χ0) is 15.6. The van der Waals surface area contributed by atoms with Crippen molar-refractivity contribution in [2.75, 3.05) is 14.2 Å². The predicted molar refractivity (Wildman–Crippen MR) is 91.6 cm³/mol. The summed E-state index contributed by atoms with van der Waals surface area (Å²) in [5, 5.41) is 0. The molecule has 2 aliphatic carbocycles. The first kappa shape index (κ1) is 17.5. The van der Waals surface area contributed by atoms with E-state index in [1.807, 2.05) is 14.2 Å². The van der Waals surface area contributed by atoms with E-state index in [1.165, 1.54) is 38.5 Å². The van der Waals surface area contributed by atoms with Crippen LogP contribution < -0.4 is 0 Å². The van der Waals surface area contributed by atoms with E-state index >= 15 is 0 Å². The van der Waals surface area contributed by atoms with Crippen molar-refractivity contribution in [2.45, 2.75) is 77.3 Å². The van der Waals surface area contributed by atoms with Crippen LogP contribution in [-0.4, -0.2) is 22.8 Å². The highest BCUT2D eigenvalue weighted by Crippen LogP contribution is 2.64. The lowest BCUT2D eigenvalue weighted by Crippen LogP contribution is -2.63. The van der Waals surface area contributed by atoms with Crippen LogP contribution in [0.5, 0.6) is 0 Å². The molecule has 0 radical (unpaired) electrons. The topological polar surface area (TPSA) is 18.5 Å². The van der Waals surface area contributed by atoms with Crippen molar-refractivity contribution in [3.05, 3.63) is 0 Å². The summed E-state index contributed by atoms with van der Waals surface area (Å²) in [5.74, 6) is 3.38. The fourth-order valence-electron chi connectivity index (χ4n) is 5.59. The van der Waals surface area contributed by atoms with E-state index in [4.69, 9.17) is 8.85 Å². The van der Waals surface area contributed by atoms with E-state index in [0.29, 0.717) is 0 Å². The lowest BCUT2D eigenvalue weighted by molar-refractivity contribution is 0.0600. The summed E-state index contributed by atoms with van der Waals surface area (Å²) in [5.41, 5.74) is 1.46. The minimum absolute atomic E-state index is 0.732. The van der Waals surface area contributed by atoms with Crippen molar-refractivity contribution in [1.29, 1.82) is 0 Å². The molecule has 2 rings (SSSR count). The Morgan fingerprint density at radius 1 is 0.667 bits per heavy atom. The summed E-state index contributed by atoms with van der Waals surface area (Å²) < 4.78 is 12.7. The molecular formula is C18H36O2Si. The summed E-state index contributed by atoms with van der Waals surface area (Å²) in [7, 11) is 1.79. The zero-order valence-electron chi connectivity index (χ0n) is 15.0. The maximum Gasteiger partial charge on any atom is 0.345 e. The number of rotatable bonds is 8. The Hall–Kier alpha value is 0.137. The molecule has 0 aromatic carbocycles. The first-order chi connectivity index (χ1) is 10.1. The Balaban J connectivity index is 2.30. The summed E-state index contributed by atoms with van der Waals surface area (Å²) in [4.78, 5) is 0. The third-order valence-corrected chi connectivity index (χ3v) is 11.9. The molecule has 2 saturated carbocycles. The molecule has 0 spiro atoms. The monoisotopic (exact) mass is 312 g/mol. The van der Waals surface area contributed by atoms with E-state index in [0.717, 1.165) is 34.8 Å². The van der Waals surface area contributed by atoms with Crippen LogP contribution in [-0.2, 0) is 8.85 Å². The Morgan fingerprint density at radius 2 is 0.952 bits per heavy atom. The van der Waals surface area contributed by atoms with Gasteiger partial charge in [0.15, 0.2) is 0 Å². The second-order valence-electron chi connectivity index (χ2n) is 7.33. The molecule has 4 atom stereocenters. The first-order valence-electron chi connectivity index (χ1n) is 9.23. The van der Waals surface area contributed by atoms with Gasteiger partial charge in [-0.1, -0.05) is 53.4 Å². The fraction of sp³-hybridized carbons (Fsp3) is 1.00. The van der Waals surface area contributed by atoms with Crippen molar-refractivity contribution in [3.63, 3.8) is 0 Å². The lowest BCUT2D eigenvalue weighted by Gasteiger charge is -2.60. The molecule has 0 aliphatic heterocycles. The van der Waals surface area contributed by atoms with Crippen LogP contribution in [0, 0.1) is 23.7 Å². The number of hydrogen-bond acceptors (Lipinski definition) is 2. The molecule has 0 heterocycles. The average Bonchev–Trinajstić information content (AvgIpc) is 2.46. The molecule has 21 heavy (non-hydrogen) atoms. The minimum atomic E-state index is -2.11. The average molecular weight is 313 g/mol. The van der Waals surface area contributed by atoms with E-state index in [2.05, 4.69) is 27.7 Å². The molecule has 2 nitrogen and oxygen atoms in total. The van der Waals surface area contributed by atoms with Gasteiger partial charge in [0.2, 0.25) is 0 Å². The molecule has 0 amide bonds. The van der Waals surface area contributed by atoms with Crippen LogP contribution in [0.15, 0.2) is 0 Å². The van der Waals surface area contributed by atoms with Crippen LogP contribution >= 0.6 is 0 Å². The zero-order valence-corrected chi connectivity index (χ0v) is 16.0. The van der Waals surface area contributed by atoms with Crippen LogP contribution in [0.2, 0.25) is 11.1 Å². The number of hydrogen-bond donors (Lipinski definition) is 0. The van der Waals surface area contributed by atoms with E-state index in [1.54, 1.807) is 0 Å². The molecule has 0 N–H and O–H groups in total. The largest absolute Gasteiger partial charge is 0.397 e. The second kappa shape index (κ2) is 7.14. The maximum absolute atomic E-state index is 6.34. The van der Waals surface area contributed by atoms with Gasteiger partial charge in [-0.15, -0.1) is 0 Å².